The molecule has 0 radical (unpaired) electrons. The second-order valence-electron chi connectivity index (χ2n) is 7.52. The van der Waals surface area contributed by atoms with Crippen LogP contribution in [0.5, 0.6) is 0 Å². The molecular formula is C24H17FN6S. The van der Waals surface area contributed by atoms with Crippen molar-refractivity contribution in [3.8, 4) is 33.1 Å². The van der Waals surface area contributed by atoms with Gasteiger partial charge in [0.1, 0.15) is 5.69 Å². The number of imidazole rings is 1. The summed E-state index contributed by atoms with van der Waals surface area (Å²) in [6.45, 7) is 2.11. The van der Waals surface area contributed by atoms with Crippen molar-refractivity contribution < 1.29 is 4.39 Å². The smallest absolute Gasteiger partial charge is 0.181 e. The van der Waals surface area contributed by atoms with Gasteiger partial charge in [0.2, 0.25) is 0 Å². The number of nitrogens with one attached hydrogen (secondary N) is 2. The van der Waals surface area contributed by atoms with Gasteiger partial charge in [0.15, 0.2) is 16.6 Å². The summed E-state index contributed by atoms with van der Waals surface area (Å²) in [5.41, 5.74) is 7.08. The largest absolute Gasteiger partial charge is 0.337 e. The van der Waals surface area contributed by atoms with Crippen LogP contribution in [0.4, 0.5) is 4.39 Å². The first kappa shape index (κ1) is 18.8. The molecule has 0 saturated carbocycles. The van der Waals surface area contributed by atoms with Crippen molar-refractivity contribution in [1.82, 2.24) is 30.1 Å². The number of benzene rings is 1. The molecule has 8 heteroatoms. The van der Waals surface area contributed by atoms with Crippen molar-refractivity contribution in [2.75, 3.05) is 0 Å². The summed E-state index contributed by atoms with van der Waals surface area (Å²) in [6.07, 6.45) is 6.45. The zero-order valence-corrected chi connectivity index (χ0v) is 17.9. The summed E-state index contributed by atoms with van der Waals surface area (Å²) in [6, 6.07) is 13.3. The molecule has 0 aliphatic rings. The van der Waals surface area contributed by atoms with Gasteiger partial charge in [-0.25, -0.2) is 9.97 Å². The number of para-hydroxylation sites is 1. The van der Waals surface area contributed by atoms with Crippen molar-refractivity contribution in [1.29, 1.82) is 0 Å². The molecule has 0 unspecified atom stereocenters. The van der Waals surface area contributed by atoms with Crippen molar-refractivity contribution in [3.05, 3.63) is 71.7 Å². The van der Waals surface area contributed by atoms with Crippen LogP contribution in [0, 0.1) is 5.13 Å². The molecule has 6 aromatic rings. The first-order valence-electron chi connectivity index (χ1n) is 10.2. The van der Waals surface area contributed by atoms with E-state index >= 15 is 0 Å². The van der Waals surface area contributed by atoms with E-state index in [0.717, 1.165) is 61.4 Å². The molecule has 6 nitrogen and oxygen atoms in total. The maximum atomic E-state index is 13.6. The summed E-state index contributed by atoms with van der Waals surface area (Å²) in [7, 11) is 0. The van der Waals surface area contributed by atoms with Gasteiger partial charge < -0.3 is 4.98 Å². The third kappa shape index (κ3) is 3.07. The van der Waals surface area contributed by atoms with Gasteiger partial charge in [-0.1, -0.05) is 19.1 Å². The third-order valence-electron chi connectivity index (χ3n) is 5.53. The van der Waals surface area contributed by atoms with Gasteiger partial charge in [-0.2, -0.15) is 9.49 Å². The molecule has 0 atom stereocenters. The average molecular weight is 441 g/mol. The Labute approximate surface area is 186 Å². The van der Waals surface area contributed by atoms with Gasteiger partial charge in [0.25, 0.3) is 0 Å². The predicted molar refractivity (Wildman–Crippen MR) is 125 cm³/mol. The van der Waals surface area contributed by atoms with Gasteiger partial charge in [0, 0.05) is 40.2 Å². The minimum Gasteiger partial charge on any atom is -0.337 e. The molecule has 156 valence electrons. The summed E-state index contributed by atoms with van der Waals surface area (Å²) < 4.78 is 13.6. The summed E-state index contributed by atoms with van der Waals surface area (Å²) >= 11 is 1.11. The third-order valence-corrected chi connectivity index (χ3v) is 6.44. The summed E-state index contributed by atoms with van der Waals surface area (Å²) in [5, 5.41) is 8.09. The zero-order valence-electron chi connectivity index (χ0n) is 17.1. The topological polar surface area (TPSA) is 83.1 Å². The lowest BCUT2D eigenvalue weighted by molar-refractivity contribution is 0.657. The number of aromatic amines is 2. The first-order valence-corrected chi connectivity index (χ1v) is 11.0. The highest BCUT2D eigenvalue weighted by Crippen LogP contribution is 2.35. The van der Waals surface area contributed by atoms with Crippen LogP contribution < -0.4 is 0 Å². The Morgan fingerprint density at radius 1 is 1.03 bits per heavy atom. The van der Waals surface area contributed by atoms with E-state index in [9.17, 15) is 4.39 Å². The summed E-state index contributed by atoms with van der Waals surface area (Å²) in [5.74, 6) is 0.659. The van der Waals surface area contributed by atoms with Gasteiger partial charge in [-0.05, 0) is 42.3 Å². The van der Waals surface area contributed by atoms with Crippen LogP contribution in [0.3, 0.4) is 0 Å². The number of thiophene rings is 1. The maximum absolute atomic E-state index is 13.6. The highest BCUT2D eigenvalue weighted by atomic mass is 32.1. The number of aromatic nitrogens is 6. The van der Waals surface area contributed by atoms with Gasteiger partial charge in [0.05, 0.1) is 16.4 Å². The summed E-state index contributed by atoms with van der Waals surface area (Å²) in [4.78, 5) is 17.9. The molecule has 0 spiro atoms. The fraction of sp³-hybridized carbons (Fsp3) is 0.0833. The fourth-order valence-electron chi connectivity index (χ4n) is 3.89. The Morgan fingerprint density at radius 3 is 2.78 bits per heavy atom. The Kier molecular flexibility index (Phi) is 4.32. The molecule has 1 aromatic carbocycles. The molecule has 0 bridgehead atoms. The van der Waals surface area contributed by atoms with Crippen LogP contribution in [0.15, 0.2) is 61.1 Å². The van der Waals surface area contributed by atoms with Crippen molar-refractivity contribution in [3.63, 3.8) is 0 Å². The predicted octanol–water partition coefficient (Wildman–Crippen LogP) is 5.99. The second kappa shape index (κ2) is 7.35. The van der Waals surface area contributed by atoms with Gasteiger partial charge >= 0.3 is 0 Å². The van der Waals surface area contributed by atoms with E-state index in [4.69, 9.17) is 4.98 Å². The highest BCUT2D eigenvalue weighted by molar-refractivity contribution is 7.14. The Hall–Kier alpha value is -3.91. The van der Waals surface area contributed by atoms with E-state index in [-0.39, 0.29) is 5.13 Å². The van der Waals surface area contributed by atoms with Crippen LogP contribution in [0.2, 0.25) is 0 Å². The number of hydrogen-bond donors (Lipinski definition) is 2. The van der Waals surface area contributed by atoms with Crippen LogP contribution in [0.25, 0.3) is 55.2 Å². The van der Waals surface area contributed by atoms with E-state index in [1.807, 2.05) is 36.8 Å². The number of hydrogen-bond acceptors (Lipinski definition) is 5. The van der Waals surface area contributed by atoms with Crippen LogP contribution in [-0.2, 0) is 6.42 Å². The number of pyridine rings is 2. The Balaban J connectivity index is 1.49. The number of nitrogens with zero attached hydrogens (tertiary/aromatic N) is 4. The number of rotatable bonds is 4. The van der Waals surface area contributed by atoms with Crippen LogP contribution in [0.1, 0.15) is 12.5 Å². The molecule has 2 N–H and O–H groups in total. The molecule has 0 aliphatic heterocycles. The minimum atomic E-state index is -0.215. The second-order valence-corrected chi connectivity index (χ2v) is 8.55. The zero-order chi connectivity index (χ0) is 21.7. The Bertz CT molecular complexity index is 1600. The number of H-pyrrole nitrogens is 2. The Morgan fingerprint density at radius 2 is 1.94 bits per heavy atom. The monoisotopic (exact) mass is 440 g/mol. The molecule has 0 saturated heterocycles. The molecule has 5 heterocycles. The quantitative estimate of drug-likeness (QED) is 0.353. The van der Waals surface area contributed by atoms with Gasteiger partial charge in [-0.3, -0.25) is 10.1 Å². The molecule has 32 heavy (non-hydrogen) atoms. The van der Waals surface area contributed by atoms with Gasteiger partial charge in [-0.15, -0.1) is 11.3 Å². The molecular weight excluding hydrogens is 423 g/mol. The van der Waals surface area contributed by atoms with Crippen molar-refractivity contribution in [2.24, 2.45) is 0 Å². The number of aryl methyl sites for hydroxylation is 1. The van der Waals surface area contributed by atoms with E-state index in [2.05, 4.69) is 44.2 Å². The normalized spacial score (nSPS) is 11.6. The lowest BCUT2D eigenvalue weighted by atomic mass is 10.1. The molecule has 0 fully saturated rings. The molecule has 0 aliphatic carbocycles. The number of halogens is 1. The van der Waals surface area contributed by atoms with Crippen molar-refractivity contribution >= 4 is 33.4 Å². The highest BCUT2D eigenvalue weighted by Gasteiger charge is 2.16. The van der Waals surface area contributed by atoms with Crippen molar-refractivity contribution in [2.45, 2.75) is 13.3 Å². The van der Waals surface area contributed by atoms with E-state index in [1.54, 1.807) is 6.07 Å². The van der Waals surface area contributed by atoms with E-state index < -0.39 is 0 Å². The average Bonchev–Trinajstić information content (AvgIpc) is 3.55. The standard InChI is InChI=1S/C24H17FN6S/c1-2-13-8-14(11-26-10-13)15-9-17-22(30-31-23(17)27-12-15)24-28-18-5-3-4-16(21(18)29-24)19-6-7-20(25)32-19/h3-12H,2H2,1H3,(H,28,29)(H,27,30,31). The first-order chi connectivity index (χ1) is 15.7. The van der Waals surface area contributed by atoms with Crippen LogP contribution in [-0.4, -0.2) is 30.1 Å². The van der Waals surface area contributed by atoms with E-state index in [0.29, 0.717) is 11.5 Å². The number of fused-ring (bicyclic) bond motifs is 2. The molecule has 0 amide bonds. The minimum absolute atomic E-state index is 0.215. The fourth-order valence-corrected chi connectivity index (χ4v) is 4.64. The molecule has 6 rings (SSSR count). The SMILES string of the molecule is CCc1cncc(-c2cnc3n[nH]c(-c4nc5c(-c6ccc(F)s6)cccc5[nH]4)c3c2)c1. The lowest BCUT2D eigenvalue weighted by Gasteiger charge is -2.03. The maximum Gasteiger partial charge on any atom is 0.181 e. The lowest BCUT2D eigenvalue weighted by Crippen LogP contribution is -1.87. The van der Waals surface area contributed by atoms with E-state index in [1.165, 1.54) is 11.6 Å². The van der Waals surface area contributed by atoms with Crippen LogP contribution >= 0.6 is 11.3 Å². The molecule has 5 aromatic heterocycles.